The van der Waals surface area contributed by atoms with E-state index in [0.717, 1.165) is 16.9 Å². The number of benzene rings is 3. The Balaban J connectivity index is 1.50. The monoisotopic (exact) mass is 374 g/mol. The van der Waals surface area contributed by atoms with E-state index in [-0.39, 0.29) is 5.91 Å². The van der Waals surface area contributed by atoms with Crippen LogP contribution in [0.15, 0.2) is 77.9 Å². The van der Waals surface area contributed by atoms with E-state index in [4.69, 9.17) is 9.47 Å². The van der Waals surface area contributed by atoms with Crippen LogP contribution in [-0.2, 0) is 6.61 Å². The average Bonchev–Trinajstić information content (AvgIpc) is 2.74. The Morgan fingerprint density at radius 3 is 2.21 bits per heavy atom. The summed E-state index contributed by atoms with van der Waals surface area (Å²) >= 11 is 0. The molecule has 0 radical (unpaired) electrons. The molecule has 0 heterocycles. The van der Waals surface area contributed by atoms with Gasteiger partial charge in [-0.1, -0.05) is 29.8 Å². The van der Waals surface area contributed by atoms with Crippen LogP contribution in [0.1, 0.15) is 27.0 Å². The molecule has 142 valence electrons. The fourth-order valence-corrected chi connectivity index (χ4v) is 2.47. The van der Waals surface area contributed by atoms with E-state index >= 15 is 0 Å². The molecule has 5 nitrogen and oxygen atoms in total. The molecule has 0 saturated heterocycles. The van der Waals surface area contributed by atoms with Gasteiger partial charge in [0.1, 0.15) is 18.1 Å². The first-order valence-electron chi connectivity index (χ1n) is 8.90. The summed E-state index contributed by atoms with van der Waals surface area (Å²) in [5.41, 5.74) is 6.23. The number of nitrogens with one attached hydrogen (secondary N) is 1. The molecule has 1 amide bonds. The summed E-state index contributed by atoms with van der Waals surface area (Å²) < 4.78 is 10.9. The van der Waals surface area contributed by atoms with Crippen molar-refractivity contribution >= 4 is 12.1 Å². The molecule has 0 spiro atoms. The van der Waals surface area contributed by atoms with Gasteiger partial charge in [-0.2, -0.15) is 5.10 Å². The van der Waals surface area contributed by atoms with Gasteiger partial charge in [0.05, 0.1) is 13.3 Å². The third-order valence-electron chi connectivity index (χ3n) is 4.14. The zero-order chi connectivity index (χ0) is 19.8. The van der Waals surface area contributed by atoms with E-state index in [1.165, 1.54) is 5.56 Å². The second kappa shape index (κ2) is 9.37. The van der Waals surface area contributed by atoms with Crippen molar-refractivity contribution < 1.29 is 14.3 Å². The number of ether oxygens (including phenoxy) is 2. The van der Waals surface area contributed by atoms with Gasteiger partial charge in [-0.15, -0.1) is 0 Å². The van der Waals surface area contributed by atoms with Gasteiger partial charge in [0.15, 0.2) is 0 Å². The fourth-order valence-electron chi connectivity index (χ4n) is 2.47. The highest BCUT2D eigenvalue weighted by Crippen LogP contribution is 2.14. The number of hydrazone groups is 1. The Morgan fingerprint density at radius 1 is 0.929 bits per heavy atom. The van der Waals surface area contributed by atoms with Gasteiger partial charge < -0.3 is 9.47 Å². The lowest BCUT2D eigenvalue weighted by molar-refractivity contribution is 0.0955. The molecule has 0 aromatic heterocycles. The van der Waals surface area contributed by atoms with Crippen LogP contribution in [0.4, 0.5) is 0 Å². The molecule has 3 aromatic carbocycles. The molecule has 0 saturated carbocycles. The molecule has 0 aliphatic heterocycles. The molecule has 0 atom stereocenters. The highest BCUT2D eigenvalue weighted by Gasteiger charge is 2.03. The van der Waals surface area contributed by atoms with E-state index in [1.807, 2.05) is 24.3 Å². The van der Waals surface area contributed by atoms with E-state index in [1.54, 1.807) is 37.6 Å². The number of carbonyl (C=O) groups is 1. The minimum Gasteiger partial charge on any atom is -0.497 e. The topological polar surface area (TPSA) is 59.9 Å². The Morgan fingerprint density at radius 2 is 1.57 bits per heavy atom. The predicted octanol–water partition coefficient (Wildman–Crippen LogP) is 4.35. The molecule has 5 heteroatoms. The largest absolute Gasteiger partial charge is 0.497 e. The summed E-state index contributed by atoms with van der Waals surface area (Å²) in [6, 6.07) is 22.6. The van der Waals surface area contributed by atoms with Gasteiger partial charge in [0.2, 0.25) is 0 Å². The molecule has 0 fully saturated rings. The smallest absolute Gasteiger partial charge is 0.271 e. The third-order valence-corrected chi connectivity index (χ3v) is 4.14. The van der Waals surface area contributed by atoms with Gasteiger partial charge in [0, 0.05) is 5.56 Å². The molecule has 3 rings (SSSR count). The van der Waals surface area contributed by atoms with Crippen LogP contribution in [0.2, 0.25) is 0 Å². The van der Waals surface area contributed by atoms with Crippen molar-refractivity contribution in [3.8, 4) is 11.5 Å². The predicted molar refractivity (Wildman–Crippen MR) is 110 cm³/mol. The Bertz CT molecular complexity index is 931. The Kier molecular flexibility index (Phi) is 6.41. The third kappa shape index (κ3) is 5.45. The number of methoxy groups -OCH3 is 1. The second-order valence-corrected chi connectivity index (χ2v) is 6.27. The number of amides is 1. The fraction of sp³-hybridized carbons (Fsp3) is 0.130. The molecule has 0 unspecified atom stereocenters. The lowest BCUT2D eigenvalue weighted by Gasteiger charge is -2.07. The van der Waals surface area contributed by atoms with Gasteiger partial charge >= 0.3 is 0 Å². The van der Waals surface area contributed by atoms with Crippen molar-refractivity contribution in [1.82, 2.24) is 5.43 Å². The molecule has 3 aromatic rings. The maximum absolute atomic E-state index is 12.0. The quantitative estimate of drug-likeness (QED) is 0.494. The van der Waals surface area contributed by atoms with Crippen LogP contribution in [0.5, 0.6) is 11.5 Å². The molecule has 0 bridgehead atoms. The molecule has 0 aliphatic carbocycles. The molecule has 1 N–H and O–H groups in total. The van der Waals surface area contributed by atoms with Crippen LogP contribution in [0.3, 0.4) is 0 Å². The molecule has 28 heavy (non-hydrogen) atoms. The van der Waals surface area contributed by atoms with Crippen molar-refractivity contribution in [1.29, 1.82) is 0 Å². The van der Waals surface area contributed by atoms with Gasteiger partial charge in [-0.25, -0.2) is 5.43 Å². The van der Waals surface area contributed by atoms with Crippen LogP contribution < -0.4 is 14.9 Å². The maximum Gasteiger partial charge on any atom is 0.271 e. The number of hydrogen-bond acceptors (Lipinski definition) is 4. The van der Waals surface area contributed by atoms with E-state index in [2.05, 4.69) is 41.7 Å². The summed E-state index contributed by atoms with van der Waals surface area (Å²) in [7, 11) is 1.58. The maximum atomic E-state index is 12.0. The second-order valence-electron chi connectivity index (χ2n) is 6.27. The van der Waals surface area contributed by atoms with Gasteiger partial charge in [-0.05, 0) is 66.6 Å². The van der Waals surface area contributed by atoms with Gasteiger partial charge in [-0.3, -0.25) is 4.79 Å². The van der Waals surface area contributed by atoms with E-state index in [0.29, 0.717) is 17.9 Å². The summed E-state index contributed by atoms with van der Waals surface area (Å²) in [4.78, 5) is 12.0. The minimum atomic E-state index is -0.281. The minimum absolute atomic E-state index is 0.281. The Hall–Kier alpha value is -3.60. The summed E-state index contributed by atoms with van der Waals surface area (Å²) in [5, 5.41) is 4.00. The van der Waals surface area contributed by atoms with Crippen LogP contribution in [-0.4, -0.2) is 19.2 Å². The van der Waals surface area contributed by atoms with Crippen LogP contribution >= 0.6 is 0 Å². The number of aryl methyl sites for hydroxylation is 1. The first-order valence-corrected chi connectivity index (χ1v) is 8.90. The SMILES string of the molecule is COc1ccc(C(=O)N/N=C/c2ccc(OCc3ccc(C)cc3)cc2)cc1. The van der Waals surface area contributed by atoms with Crippen molar-refractivity contribution in [2.24, 2.45) is 5.10 Å². The molecular weight excluding hydrogens is 352 g/mol. The average molecular weight is 374 g/mol. The van der Waals surface area contributed by atoms with Crippen LogP contribution in [0, 0.1) is 6.92 Å². The lowest BCUT2D eigenvalue weighted by atomic mass is 10.2. The summed E-state index contributed by atoms with van der Waals surface area (Å²) in [6.07, 6.45) is 1.59. The zero-order valence-electron chi connectivity index (χ0n) is 15.9. The van der Waals surface area contributed by atoms with Crippen molar-refractivity contribution in [3.63, 3.8) is 0 Å². The first kappa shape index (κ1) is 19.2. The Labute approximate surface area is 164 Å². The number of nitrogens with zero attached hydrogens (tertiary/aromatic N) is 1. The molecular formula is C23H22N2O3. The van der Waals surface area contributed by atoms with Crippen LogP contribution in [0.25, 0.3) is 0 Å². The van der Waals surface area contributed by atoms with Crippen molar-refractivity contribution in [3.05, 3.63) is 95.1 Å². The summed E-state index contributed by atoms with van der Waals surface area (Å²) in [6.45, 7) is 2.58. The van der Waals surface area contributed by atoms with Crippen molar-refractivity contribution in [2.45, 2.75) is 13.5 Å². The highest BCUT2D eigenvalue weighted by atomic mass is 16.5. The van der Waals surface area contributed by atoms with Gasteiger partial charge in [0.25, 0.3) is 5.91 Å². The highest BCUT2D eigenvalue weighted by molar-refractivity contribution is 5.95. The number of rotatable bonds is 7. The first-order chi connectivity index (χ1) is 13.6. The summed E-state index contributed by atoms with van der Waals surface area (Å²) in [5.74, 6) is 1.20. The zero-order valence-corrected chi connectivity index (χ0v) is 15.9. The van der Waals surface area contributed by atoms with Crippen molar-refractivity contribution in [2.75, 3.05) is 7.11 Å². The normalized spacial score (nSPS) is 10.6. The van der Waals surface area contributed by atoms with E-state index in [9.17, 15) is 4.79 Å². The lowest BCUT2D eigenvalue weighted by Crippen LogP contribution is -2.17. The number of hydrogen-bond donors (Lipinski definition) is 1. The van der Waals surface area contributed by atoms with E-state index < -0.39 is 0 Å². The number of carbonyl (C=O) groups excluding carboxylic acids is 1. The standard InChI is InChI=1S/C23H22N2O3/c1-17-3-5-19(6-4-17)16-28-22-11-7-18(8-12-22)15-24-25-23(26)20-9-13-21(27-2)14-10-20/h3-15H,16H2,1-2H3,(H,25,26)/b24-15+. The molecule has 0 aliphatic rings.